The molecule has 36 heavy (non-hydrogen) atoms. The van der Waals surface area contributed by atoms with Crippen LogP contribution in [-0.4, -0.2) is 23.2 Å². The number of ether oxygens (including phenoxy) is 1. The molecule has 1 unspecified atom stereocenters. The standard InChI is InChI=1S/C32H33NO3/c1-20(2)36-28-14-9-23-17-27(13-8-24(23)18-28)33-29-15-10-22(16-25(29)19-30(33)31(34)35)21-6-11-26(12-7-21)32(3,4)5/h6-18,20,30H,19H2,1-5H3,(H,34,35). The van der Waals surface area contributed by atoms with E-state index in [1.54, 1.807) is 0 Å². The molecule has 1 N–H and O–H groups in total. The zero-order chi connectivity index (χ0) is 25.6. The van der Waals surface area contributed by atoms with Crippen LogP contribution in [-0.2, 0) is 16.6 Å². The number of hydrogen-bond donors (Lipinski definition) is 1. The molecule has 0 amide bonds. The molecule has 184 valence electrons. The number of carbonyl (C=O) groups is 1. The first-order valence-corrected chi connectivity index (χ1v) is 12.6. The van der Waals surface area contributed by atoms with Crippen LogP contribution in [0, 0.1) is 0 Å². The van der Waals surface area contributed by atoms with Gasteiger partial charge in [0.05, 0.1) is 6.10 Å². The monoisotopic (exact) mass is 479 g/mol. The van der Waals surface area contributed by atoms with Crippen molar-refractivity contribution in [2.45, 2.75) is 58.6 Å². The van der Waals surface area contributed by atoms with E-state index in [1.807, 2.05) is 49.1 Å². The third-order valence-corrected chi connectivity index (χ3v) is 6.88. The van der Waals surface area contributed by atoms with Gasteiger partial charge >= 0.3 is 5.97 Å². The molecule has 1 aliphatic rings. The van der Waals surface area contributed by atoms with Crippen molar-refractivity contribution in [2.24, 2.45) is 0 Å². The highest BCUT2D eigenvalue weighted by Crippen LogP contribution is 2.41. The van der Waals surface area contributed by atoms with Gasteiger partial charge in [-0.1, -0.05) is 63.2 Å². The molecule has 4 aromatic carbocycles. The van der Waals surface area contributed by atoms with Crippen LogP contribution in [0.4, 0.5) is 11.4 Å². The van der Waals surface area contributed by atoms with Crippen LogP contribution in [0.25, 0.3) is 21.9 Å². The van der Waals surface area contributed by atoms with Crippen LogP contribution in [0.5, 0.6) is 5.75 Å². The van der Waals surface area contributed by atoms with Gasteiger partial charge in [-0.25, -0.2) is 4.79 Å². The third-order valence-electron chi connectivity index (χ3n) is 6.88. The molecule has 0 fully saturated rings. The molecule has 4 heteroatoms. The summed E-state index contributed by atoms with van der Waals surface area (Å²) in [5, 5.41) is 12.2. The van der Waals surface area contributed by atoms with Gasteiger partial charge in [-0.05, 0) is 88.7 Å². The summed E-state index contributed by atoms with van der Waals surface area (Å²) in [4.78, 5) is 14.3. The lowest BCUT2D eigenvalue weighted by atomic mass is 9.86. The number of anilines is 2. The summed E-state index contributed by atoms with van der Waals surface area (Å²) >= 11 is 0. The summed E-state index contributed by atoms with van der Waals surface area (Å²) in [6.07, 6.45) is 0.582. The molecule has 5 rings (SSSR count). The Hall–Kier alpha value is -3.79. The Balaban J connectivity index is 1.50. The van der Waals surface area contributed by atoms with Crippen molar-refractivity contribution >= 4 is 28.1 Å². The largest absolute Gasteiger partial charge is 0.491 e. The van der Waals surface area contributed by atoms with E-state index in [2.05, 4.69) is 69.3 Å². The van der Waals surface area contributed by atoms with Gasteiger partial charge in [-0.2, -0.15) is 0 Å². The van der Waals surface area contributed by atoms with Crippen molar-refractivity contribution in [3.63, 3.8) is 0 Å². The summed E-state index contributed by atoms with van der Waals surface area (Å²) in [6, 6.07) is 26.5. The van der Waals surface area contributed by atoms with Gasteiger partial charge in [0.15, 0.2) is 0 Å². The van der Waals surface area contributed by atoms with Gasteiger partial charge in [-0.3, -0.25) is 0 Å². The SMILES string of the molecule is CC(C)Oc1ccc2cc(N3c4ccc(-c5ccc(C(C)(C)C)cc5)cc4CC3C(=O)O)ccc2c1. The van der Waals surface area contributed by atoms with Gasteiger partial charge in [0.1, 0.15) is 11.8 Å². The Labute approximate surface area is 213 Å². The number of hydrogen-bond acceptors (Lipinski definition) is 3. The van der Waals surface area contributed by atoms with Gasteiger partial charge in [0.25, 0.3) is 0 Å². The van der Waals surface area contributed by atoms with Crippen LogP contribution < -0.4 is 9.64 Å². The number of rotatable bonds is 5. The number of carboxylic acids is 1. The molecule has 0 saturated heterocycles. The van der Waals surface area contributed by atoms with Crippen LogP contribution in [0.1, 0.15) is 45.7 Å². The van der Waals surface area contributed by atoms with Crippen LogP contribution >= 0.6 is 0 Å². The van der Waals surface area contributed by atoms with Gasteiger partial charge in [-0.15, -0.1) is 0 Å². The summed E-state index contributed by atoms with van der Waals surface area (Å²) in [5.74, 6) is 0.0197. The third kappa shape index (κ3) is 4.56. The molecule has 1 heterocycles. The highest BCUT2D eigenvalue weighted by molar-refractivity contribution is 5.92. The minimum Gasteiger partial charge on any atom is -0.491 e. The summed E-state index contributed by atoms with van der Waals surface area (Å²) in [7, 11) is 0. The van der Waals surface area contributed by atoms with Crippen molar-refractivity contribution in [2.75, 3.05) is 4.90 Å². The number of fused-ring (bicyclic) bond motifs is 2. The van der Waals surface area contributed by atoms with E-state index in [9.17, 15) is 9.90 Å². The van der Waals surface area contributed by atoms with E-state index in [4.69, 9.17) is 4.74 Å². The average Bonchev–Trinajstić information content (AvgIpc) is 3.22. The molecule has 0 spiro atoms. The van der Waals surface area contributed by atoms with Crippen molar-refractivity contribution < 1.29 is 14.6 Å². The lowest BCUT2D eigenvalue weighted by molar-refractivity contribution is -0.138. The van der Waals surface area contributed by atoms with Crippen LogP contribution in [0.15, 0.2) is 78.9 Å². The molecule has 0 aliphatic carbocycles. The maximum Gasteiger partial charge on any atom is 0.327 e. The smallest absolute Gasteiger partial charge is 0.327 e. The fourth-order valence-electron chi connectivity index (χ4n) is 5.02. The Kier molecular flexibility index (Phi) is 5.99. The zero-order valence-electron chi connectivity index (χ0n) is 21.6. The van der Waals surface area contributed by atoms with E-state index >= 15 is 0 Å². The van der Waals surface area contributed by atoms with E-state index in [0.29, 0.717) is 6.42 Å². The molecule has 0 saturated carbocycles. The maximum atomic E-state index is 12.3. The number of benzene rings is 4. The van der Waals surface area contributed by atoms with Gasteiger partial charge in [0, 0.05) is 17.8 Å². The fourth-order valence-corrected chi connectivity index (χ4v) is 5.02. The highest BCUT2D eigenvalue weighted by Gasteiger charge is 2.35. The second-order valence-electron chi connectivity index (χ2n) is 11.0. The molecule has 0 aromatic heterocycles. The molecule has 1 atom stereocenters. The predicted octanol–water partition coefficient (Wildman–Crippen LogP) is 7.74. The van der Waals surface area contributed by atoms with Crippen molar-refractivity contribution in [1.29, 1.82) is 0 Å². The van der Waals surface area contributed by atoms with Gasteiger partial charge < -0.3 is 14.7 Å². The second-order valence-corrected chi connectivity index (χ2v) is 11.0. The first-order chi connectivity index (χ1) is 17.1. The Morgan fingerprint density at radius 2 is 1.56 bits per heavy atom. The summed E-state index contributed by atoms with van der Waals surface area (Å²) in [5.41, 5.74) is 6.54. The minimum atomic E-state index is -0.817. The number of nitrogens with zero attached hydrogens (tertiary/aromatic N) is 1. The van der Waals surface area contributed by atoms with E-state index in [1.165, 1.54) is 5.56 Å². The predicted molar refractivity (Wildman–Crippen MR) is 148 cm³/mol. The Morgan fingerprint density at radius 3 is 2.22 bits per heavy atom. The first-order valence-electron chi connectivity index (χ1n) is 12.6. The summed E-state index contributed by atoms with van der Waals surface area (Å²) < 4.78 is 5.83. The molecule has 4 aromatic rings. The van der Waals surface area contributed by atoms with Crippen LogP contribution in [0.2, 0.25) is 0 Å². The van der Waals surface area contributed by atoms with Crippen molar-refractivity contribution in [3.05, 3.63) is 90.0 Å². The van der Waals surface area contributed by atoms with E-state index < -0.39 is 12.0 Å². The van der Waals surface area contributed by atoms with Gasteiger partial charge in [0.2, 0.25) is 0 Å². The van der Waals surface area contributed by atoms with Crippen molar-refractivity contribution in [1.82, 2.24) is 0 Å². The topological polar surface area (TPSA) is 49.8 Å². The molecule has 1 aliphatic heterocycles. The van der Waals surface area contributed by atoms with Crippen molar-refractivity contribution in [3.8, 4) is 16.9 Å². The molecule has 0 radical (unpaired) electrons. The molecular weight excluding hydrogens is 446 g/mol. The fraction of sp³-hybridized carbons (Fsp3) is 0.281. The maximum absolute atomic E-state index is 12.3. The van der Waals surface area contributed by atoms with Crippen LogP contribution in [0.3, 0.4) is 0 Å². The average molecular weight is 480 g/mol. The second kappa shape index (κ2) is 9.02. The normalized spacial score (nSPS) is 15.4. The van der Waals surface area contributed by atoms with E-state index in [-0.39, 0.29) is 11.5 Å². The first kappa shape index (κ1) is 23.9. The van der Waals surface area contributed by atoms with E-state index in [0.717, 1.165) is 44.6 Å². The number of aliphatic carboxylic acids is 1. The lowest BCUT2D eigenvalue weighted by Crippen LogP contribution is -2.35. The number of carboxylic acid groups (broad SMARTS) is 1. The lowest BCUT2D eigenvalue weighted by Gasteiger charge is -2.25. The summed E-state index contributed by atoms with van der Waals surface area (Å²) in [6.45, 7) is 10.7. The zero-order valence-corrected chi connectivity index (χ0v) is 21.6. The Bertz CT molecular complexity index is 1430. The molecular formula is C32H33NO3. The minimum absolute atomic E-state index is 0.106. The highest BCUT2D eigenvalue weighted by atomic mass is 16.5. The molecule has 0 bridgehead atoms. The quantitative estimate of drug-likeness (QED) is 0.318. The Morgan fingerprint density at radius 1 is 0.889 bits per heavy atom. The molecule has 4 nitrogen and oxygen atoms in total.